The SMILES string of the molecule is COC(=O)CCC/C=C/[C@H]1OC(=O)N[C@H]1C(C)C. The third-order valence-electron chi connectivity index (χ3n) is 2.90. The standard InChI is InChI=1S/C13H21NO4/c1-9(2)12-10(18-13(16)14-12)7-5-4-6-8-11(15)17-3/h5,7,9-10,12H,4,6,8H2,1-3H3,(H,14,16)/b7-5+/t10-,12+/m1/s1. The quantitative estimate of drug-likeness (QED) is 0.448. The van der Waals surface area contributed by atoms with E-state index in [2.05, 4.69) is 10.1 Å². The summed E-state index contributed by atoms with van der Waals surface area (Å²) in [5.41, 5.74) is 0. The Hall–Kier alpha value is -1.52. The third-order valence-corrected chi connectivity index (χ3v) is 2.90. The lowest BCUT2D eigenvalue weighted by Gasteiger charge is -2.16. The summed E-state index contributed by atoms with van der Waals surface area (Å²) in [4.78, 5) is 22.0. The summed E-state index contributed by atoms with van der Waals surface area (Å²) >= 11 is 0. The number of allylic oxidation sites excluding steroid dienone is 1. The number of methoxy groups -OCH3 is 1. The molecule has 0 aromatic carbocycles. The van der Waals surface area contributed by atoms with Crippen LogP contribution in [0.1, 0.15) is 33.1 Å². The maximum atomic E-state index is 11.2. The van der Waals surface area contributed by atoms with E-state index < -0.39 is 0 Å². The number of nitrogens with one attached hydrogen (secondary N) is 1. The van der Waals surface area contributed by atoms with Crippen LogP contribution in [0, 0.1) is 5.92 Å². The summed E-state index contributed by atoms with van der Waals surface area (Å²) < 4.78 is 9.71. The molecule has 102 valence electrons. The Labute approximate surface area is 108 Å². The Balaban J connectivity index is 2.32. The van der Waals surface area contributed by atoms with Crippen molar-refractivity contribution in [3.8, 4) is 0 Å². The highest BCUT2D eigenvalue weighted by molar-refractivity contribution is 5.70. The summed E-state index contributed by atoms with van der Waals surface area (Å²) in [6, 6.07) is 0.0226. The van der Waals surface area contributed by atoms with Gasteiger partial charge < -0.3 is 14.8 Å². The van der Waals surface area contributed by atoms with Crippen LogP contribution < -0.4 is 5.32 Å². The van der Waals surface area contributed by atoms with Crippen molar-refractivity contribution < 1.29 is 19.1 Å². The molecule has 18 heavy (non-hydrogen) atoms. The molecular weight excluding hydrogens is 234 g/mol. The number of cyclic esters (lactones) is 1. The fourth-order valence-electron chi connectivity index (χ4n) is 1.85. The van der Waals surface area contributed by atoms with Gasteiger partial charge >= 0.3 is 12.1 Å². The van der Waals surface area contributed by atoms with E-state index in [4.69, 9.17) is 4.74 Å². The van der Waals surface area contributed by atoms with E-state index >= 15 is 0 Å². The second-order valence-electron chi connectivity index (χ2n) is 4.68. The van der Waals surface area contributed by atoms with E-state index in [9.17, 15) is 9.59 Å². The zero-order valence-electron chi connectivity index (χ0n) is 11.1. The van der Waals surface area contributed by atoms with Crippen LogP contribution >= 0.6 is 0 Å². The van der Waals surface area contributed by atoms with E-state index in [1.54, 1.807) is 0 Å². The fraction of sp³-hybridized carbons (Fsp3) is 0.692. The monoisotopic (exact) mass is 255 g/mol. The van der Waals surface area contributed by atoms with Gasteiger partial charge in [-0.25, -0.2) is 4.79 Å². The summed E-state index contributed by atoms with van der Waals surface area (Å²) in [5, 5.41) is 2.79. The molecule has 1 rings (SSSR count). The first-order valence-corrected chi connectivity index (χ1v) is 6.25. The minimum atomic E-state index is -0.363. The topological polar surface area (TPSA) is 64.6 Å². The molecule has 2 atom stereocenters. The molecule has 1 aliphatic rings. The van der Waals surface area contributed by atoms with Gasteiger partial charge in [0.1, 0.15) is 6.10 Å². The Morgan fingerprint density at radius 1 is 1.56 bits per heavy atom. The molecule has 0 unspecified atom stereocenters. The van der Waals surface area contributed by atoms with Crippen molar-refractivity contribution in [2.75, 3.05) is 7.11 Å². The van der Waals surface area contributed by atoms with E-state index in [1.807, 2.05) is 26.0 Å². The van der Waals surface area contributed by atoms with Crippen LogP contribution in [0.25, 0.3) is 0 Å². The minimum absolute atomic E-state index is 0.0226. The molecule has 5 nitrogen and oxygen atoms in total. The van der Waals surface area contributed by atoms with E-state index in [1.165, 1.54) is 7.11 Å². The van der Waals surface area contributed by atoms with Crippen LogP contribution in [-0.4, -0.2) is 31.3 Å². The predicted molar refractivity (Wildman–Crippen MR) is 67.0 cm³/mol. The molecule has 1 saturated heterocycles. The predicted octanol–water partition coefficient (Wildman–Crippen LogP) is 2.02. The van der Waals surface area contributed by atoms with Crippen molar-refractivity contribution in [3.63, 3.8) is 0 Å². The Kier molecular flexibility index (Phi) is 5.68. The molecule has 0 aromatic rings. The first kappa shape index (κ1) is 14.5. The molecule has 1 aliphatic heterocycles. The van der Waals surface area contributed by atoms with Gasteiger partial charge in [0, 0.05) is 6.42 Å². The number of esters is 1. The molecule has 0 aliphatic carbocycles. The Morgan fingerprint density at radius 3 is 2.89 bits per heavy atom. The summed E-state index contributed by atoms with van der Waals surface area (Å²) in [6.07, 6.45) is 5.19. The van der Waals surface area contributed by atoms with Gasteiger partial charge in [0.15, 0.2) is 0 Å². The van der Waals surface area contributed by atoms with Crippen molar-refractivity contribution in [1.29, 1.82) is 0 Å². The summed E-state index contributed by atoms with van der Waals surface area (Å²) in [7, 11) is 1.38. The van der Waals surface area contributed by atoms with Crippen molar-refractivity contribution in [2.45, 2.75) is 45.3 Å². The van der Waals surface area contributed by atoms with Crippen LogP contribution in [0.3, 0.4) is 0 Å². The highest BCUT2D eigenvalue weighted by atomic mass is 16.6. The number of hydrogen-bond acceptors (Lipinski definition) is 4. The molecule has 0 aromatic heterocycles. The van der Waals surface area contributed by atoms with Gasteiger partial charge in [0.2, 0.25) is 0 Å². The normalized spacial score (nSPS) is 23.2. The van der Waals surface area contributed by atoms with Crippen LogP contribution in [-0.2, 0) is 14.3 Å². The van der Waals surface area contributed by atoms with E-state index in [-0.39, 0.29) is 24.2 Å². The highest BCUT2D eigenvalue weighted by Crippen LogP contribution is 2.17. The first-order valence-electron chi connectivity index (χ1n) is 6.25. The third kappa shape index (κ3) is 4.39. The Morgan fingerprint density at radius 2 is 2.28 bits per heavy atom. The number of carbonyl (C=O) groups is 2. The molecule has 1 amide bonds. The number of rotatable bonds is 6. The maximum Gasteiger partial charge on any atom is 0.408 e. The van der Waals surface area contributed by atoms with E-state index in [0.717, 1.165) is 12.8 Å². The molecule has 0 radical (unpaired) electrons. The lowest BCUT2D eigenvalue weighted by atomic mass is 9.99. The lowest BCUT2D eigenvalue weighted by Crippen LogP contribution is -2.35. The molecule has 5 heteroatoms. The van der Waals surface area contributed by atoms with Gasteiger partial charge in [0.25, 0.3) is 0 Å². The second kappa shape index (κ2) is 7.03. The number of hydrogen-bond donors (Lipinski definition) is 1. The minimum Gasteiger partial charge on any atom is -0.469 e. The van der Waals surface area contributed by atoms with Gasteiger partial charge in [-0.05, 0) is 24.8 Å². The average molecular weight is 255 g/mol. The second-order valence-corrected chi connectivity index (χ2v) is 4.68. The molecular formula is C13H21NO4. The smallest absolute Gasteiger partial charge is 0.408 e. The van der Waals surface area contributed by atoms with Gasteiger partial charge in [-0.1, -0.05) is 19.9 Å². The van der Waals surface area contributed by atoms with Gasteiger partial charge in [0.05, 0.1) is 13.2 Å². The van der Waals surface area contributed by atoms with Crippen molar-refractivity contribution >= 4 is 12.1 Å². The average Bonchev–Trinajstić information content (AvgIpc) is 2.70. The van der Waals surface area contributed by atoms with Crippen LogP contribution in [0.5, 0.6) is 0 Å². The van der Waals surface area contributed by atoms with Crippen molar-refractivity contribution in [3.05, 3.63) is 12.2 Å². The maximum absolute atomic E-state index is 11.2. The molecule has 1 fully saturated rings. The zero-order chi connectivity index (χ0) is 13.5. The molecule has 1 heterocycles. The van der Waals surface area contributed by atoms with Crippen molar-refractivity contribution in [2.24, 2.45) is 5.92 Å². The number of ether oxygens (including phenoxy) is 2. The van der Waals surface area contributed by atoms with Crippen molar-refractivity contribution in [1.82, 2.24) is 5.32 Å². The number of unbranched alkanes of at least 4 members (excludes halogenated alkanes) is 1. The molecule has 1 N–H and O–H groups in total. The van der Waals surface area contributed by atoms with Crippen LogP contribution in [0.2, 0.25) is 0 Å². The largest absolute Gasteiger partial charge is 0.469 e. The van der Waals surface area contributed by atoms with Crippen LogP contribution in [0.15, 0.2) is 12.2 Å². The van der Waals surface area contributed by atoms with Gasteiger partial charge in [-0.15, -0.1) is 0 Å². The number of alkyl carbamates (subject to hydrolysis) is 1. The highest BCUT2D eigenvalue weighted by Gasteiger charge is 2.33. The fourth-order valence-corrected chi connectivity index (χ4v) is 1.85. The summed E-state index contributed by atoms with van der Waals surface area (Å²) in [5.74, 6) is 0.124. The number of amides is 1. The van der Waals surface area contributed by atoms with Gasteiger partial charge in [-0.3, -0.25) is 4.79 Å². The van der Waals surface area contributed by atoms with Crippen LogP contribution in [0.4, 0.5) is 4.79 Å². The van der Waals surface area contributed by atoms with E-state index in [0.29, 0.717) is 12.3 Å². The molecule has 0 bridgehead atoms. The molecule has 0 spiro atoms. The van der Waals surface area contributed by atoms with Gasteiger partial charge in [-0.2, -0.15) is 0 Å². The zero-order valence-corrected chi connectivity index (χ0v) is 11.1. The first-order chi connectivity index (χ1) is 8.54. The Bertz CT molecular complexity index is 325. The molecule has 0 saturated carbocycles. The number of carbonyl (C=O) groups excluding carboxylic acids is 2. The lowest BCUT2D eigenvalue weighted by molar-refractivity contribution is -0.140. The summed E-state index contributed by atoms with van der Waals surface area (Å²) in [6.45, 7) is 4.08.